The van der Waals surface area contributed by atoms with Crippen molar-refractivity contribution in [2.45, 2.75) is 39.9 Å². The predicted molar refractivity (Wildman–Crippen MR) is 67.3 cm³/mol. The Labute approximate surface area is 108 Å². The summed E-state index contributed by atoms with van der Waals surface area (Å²) in [5.74, 6) is 1.35. The second-order valence-electron chi connectivity index (χ2n) is 3.86. The summed E-state index contributed by atoms with van der Waals surface area (Å²) in [4.78, 5) is 4.14. The Morgan fingerprint density at radius 2 is 1.94 bits per heavy atom. The zero-order valence-electron chi connectivity index (χ0n) is 11.4. The maximum atomic E-state index is 5.45. The third-order valence-corrected chi connectivity index (χ3v) is 2.35. The molecule has 0 aromatic carbocycles. The van der Waals surface area contributed by atoms with Gasteiger partial charge in [-0.25, -0.2) is 0 Å². The SMILES string of the molecule is CCOC(CCNCCc1nc(C)no1)OCC. The molecule has 6 heteroatoms. The maximum Gasteiger partial charge on any atom is 0.227 e. The Bertz CT molecular complexity index is 311. The summed E-state index contributed by atoms with van der Waals surface area (Å²) in [6.07, 6.45) is 1.47. The van der Waals surface area contributed by atoms with Crippen molar-refractivity contribution < 1.29 is 14.0 Å². The van der Waals surface area contributed by atoms with Crippen LogP contribution in [0.1, 0.15) is 32.0 Å². The summed E-state index contributed by atoms with van der Waals surface area (Å²) in [7, 11) is 0. The van der Waals surface area contributed by atoms with Crippen LogP contribution in [0.3, 0.4) is 0 Å². The van der Waals surface area contributed by atoms with E-state index in [4.69, 9.17) is 14.0 Å². The molecule has 1 aromatic rings. The number of hydrogen-bond acceptors (Lipinski definition) is 6. The van der Waals surface area contributed by atoms with Crippen molar-refractivity contribution in [2.24, 2.45) is 0 Å². The molecule has 1 rings (SSSR count). The van der Waals surface area contributed by atoms with Gasteiger partial charge in [0.1, 0.15) is 0 Å². The van der Waals surface area contributed by atoms with Crippen LogP contribution >= 0.6 is 0 Å². The van der Waals surface area contributed by atoms with E-state index in [1.54, 1.807) is 0 Å². The number of nitrogens with zero attached hydrogens (tertiary/aromatic N) is 2. The number of hydrogen-bond donors (Lipinski definition) is 1. The lowest BCUT2D eigenvalue weighted by molar-refractivity contribution is -0.138. The Balaban J connectivity index is 2.06. The first-order valence-electron chi connectivity index (χ1n) is 6.49. The highest BCUT2D eigenvalue weighted by atomic mass is 16.7. The van der Waals surface area contributed by atoms with Gasteiger partial charge in [-0.15, -0.1) is 0 Å². The van der Waals surface area contributed by atoms with Crippen molar-refractivity contribution in [3.8, 4) is 0 Å². The second-order valence-corrected chi connectivity index (χ2v) is 3.86. The minimum absolute atomic E-state index is 0.113. The highest BCUT2D eigenvalue weighted by molar-refractivity contribution is 4.83. The number of aryl methyl sites for hydroxylation is 1. The van der Waals surface area contributed by atoms with Gasteiger partial charge < -0.3 is 19.3 Å². The second kappa shape index (κ2) is 9.02. The molecule has 0 aliphatic heterocycles. The molecule has 1 N–H and O–H groups in total. The van der Waals surface area contributed by atoms with Crippen LogP contribution in [0.15, 0.2) is 4.52 Å². The van der Waals surface area contributed by atoms with Crippen LogP contribution < -0.4 is 5.32 Å². The van der Waals surface area contributed by atoms with Crippen LogP contribution in [0.25, 0.3) is 0 Å². The number of ether oxygens (including phenoxy) is 2. The van der Waals surface area contributed by atoms with E-state index in [-0.39, 0.29) is 6.29 Å². The lowest BCUT2D eigenvalue weighted by atomic mass is 10.3. The third-order valence-electron chi connectivity index (χ3n) is 2.35. The molecular formula is C12H23N3O3. The van der Waals surface area contributed by atoms with Gasteiger partial charge in [0.2, 0.25) is 5.89 Å². The molecule has 0 unspecified atom stereocenters. The zero-order valence-corrected chi connectivity index (χ0v) is 11.4. The van der Waals surface area contributed by atoms with Crippen LogP contribution in [0.4, 0.5) is 0 Å². The third kappa shape index (κ3) is 6.09. The zero-order chi connectivity index (χ0) is 13.2. The van der Waals surface area contributed by atoms with Crippen molar-refractivity contribution in [2.75, 3.05) is 26.3 Å². The molecule has 0 saturated carbocycles. The summed E-state index contributed by atoms with van der Waals surface area (Å²) in [5.41, 5.74) is 0. The summed E-state index contributed by atoms with van der Waals surface area (Å²) in [6.45, 7) is 8.76. The Morgan fingerprint density at radius 3 is 2.50 bits per heavy atom. The van der Waals surface area contributed by atoms with Crippen LogP contribution in [-0.4, -0.2) is 42.7 Å². The van der Waals surface area contributed by atoms with E-state index >= 15 is 0 Å². The summed E-state index contributed by atoms with van der Waals surface area (Å²) in [6, 6.07) is 0. The molecule has 0 aliphatic rings. The van der Waals surface area contributed by atoms with Gasteiger partial charge in [-0.3, -0.25) is 0 Å². The van der Waals surface area contributed by atoms with Gasteiger partial charge >= 0.3 is 0 Å². The first-order valence-corrected chi connectivity index (χ1v) is 6.49. The van der Waals surface area contributed by atoms with Gasteiger partial charge in [0.25, 0.3) is 0 Å². The number of aromatic nitrogens is 2. The van der Waals surface area contributed by atoms with Gasteiger partial charge in [0.15, 0.2) is 12.1 Å². The molecule has 1 heterocycles. The topological polar surface area (TPSA) is 69.4 Å². The first kappa shape index (κ1) is 15.1. The summed E-state index contributed by atoms with van der Waals surface area (Å²) >= 11 is 0. The maximum absolute atomic E-state index is 5.45. The van der Waals surface area contributed by atoms with E-state index in [0.717, 1.165) is 25.9 Å². The highest BCUT2D eigenvalue weighted by Crippen LogP contribution is 2.00. The van der Waals surface area contributed by atoms with Crippen molar-refractivity contribution >= 4 is 0 Å². The summed E-state index contributed by atoms with van der Waals surface area (Å²) < 4.78 is 15.9. The van der Waals surface area contributed by atoms with Gasteiger partial charge in [-0.2, -0.15) is 4.98 Å². The molecule has 0 fully saturated rings. The van der Waals surface area contributed by atoms with E-state index in [0.29, 0.717) is 24.9 Å². The molecule has 1 aromatic heterocycles. The van der Waals surface area contributed by atoms with Crippen LogP contribution in [-0.2, 0) is 15.9 Å². The smallest absolute Gasteiger partial charge is 0.227 e. The number of nitrogens with one attached hydrogen (secondary N) is 1. The van der Waals surface area contributed by atoms with Crippen molar-refractivity contribution in [3.63, 3.8) is 0 Å². The van der Waals surface area contributed by atoms with E-state index in [9.17, 15) is 0 Å². The largest absolute Gasteiger partial charge is 0.353 e. The van der Waals surface area contributed by atoms with E-state index in [1.807, 2.05) is 20.8 Å². The molecule has 0 saturated heterocycles. The fraction of sp³-hybridized carbons (Fsp3) is 0.833. The minimum atomic E-state index is -0.113. The molecule has 6 nitrogen and oxygen atoms in total. The Hall–Kier alpha value is -0.980. The fourth-order valence-electron chi connectivity index (χ4n) is 1.57. The standard InChI is InChI=1S/C12H23N3O3/c1-4-16-12(17-5-2)7-9-13-8-6-11-14-10(3)15-18-11/h12-13H,4-9H2,1-3H3. The molecule has 0 bridgehead atoms. The van der Waals surface area contributed by atoms with Crippen molar-refractivity contribution in [1.29, 1.82) is 0 Å². The Morgan fingerprint density at radius 1 is 1.22 bits per heavy atom. The molecule has 104 valence electrons. The van der Waals surface area contributed by atoms with Crippen molar-refractivity contribution in [1.82, 2.24) is 15.5 Å². The van der Waals surface area contributed by atoms with Crippen LogP contribution in [0.5, 0.6) is 0 Å². The lowest BCUT2D eigenvalue weighted by Crippen LogP contribution is -2.26. The molecule has 0 atom stereocenters. The van der Waals surface area contributed by atoms with Crippen LogP contribution in [0.2, 0.25) is 0 Å². The molecule has 0 amide bonds. The van der Waals surface area contributed by atoms with Gasteiger partial charge in [0.05, 0.1) is 0 Å². The molecule has 0 spiro atoms. The van der Waals surface area contributed by atoms with Gasteiger partial charge in [-0.1, -0.05) is 5.16 Å². The summed E-state index contributed by atoms with van der Waals surface area (Å²) in [5, 5.41) is 7.04. The average Bonchev–Trinajstić information content (AvgIpc) is 2.75. The first-order chi connectivity index (χ1) is 8.76. The molecule has 0 radical (unpaired) electrons. The molecule has 18 heavy (non-hydrogen) atoms. The average molecular weight is 257 g/mol. The highest BCUT2D eigenvalue weighted by Gasteiger charge is 2.07. The predicted octanol–water partition coefficient (Wildman–Crippen LogP) is 1.30. The van der Waals surface area contributed by atoms with E-state index in [2.05, 4.69) is 15.5 Å². The monoisotopic (exact) mass is 257 g/mol. The van der Waals surface area contributed by atoms with Gasteiger partial charge in [0, 0.05) is 32.6 Å². The lowest BCUT2D eigenvalue weighted by Gasteiger charge is -2.16. The van der Waals surface area contributed by atoms with E-state index < -0.39 is 0 Å². The van der Waals surface area contributed by atoms with Gasteiger partial charge in [-0.05, 0) is 27.3 Å². The molecule has 0 aliphatic carbocycles. The Kier molecular flexibility index (Phi) is 7.55. The fourth-order valence-corrected chi connectivity index (χ4v) is 1.57. The minimum Gasteiger partial charge on any atom is -0.353 e. The van der Waals surface area contributed by atoms with Crippen LogP contribution in [0, 0.1) is 6.92 Å². The van der Waals surface area contributed by atoms with Crippen molar-refractivity contribution in [3.05, 3.63) is 11.7 Å². The van der Waals surface area contributed by atoms with E-state index in [1.165, 1.54) is 0 Å². The quantitative estimate of drug-likeness (QED) is 0.503. The number of rotatable bonds is 10. The molecular weight excluding hydrogens is 234 g/mol. The normalized spacial score (nSPS) is 11.3.